The van der Waals surface area contributed by atoms with Crippen molar-refractivity contribution in [3.8, 4) is 11.1 Å². The van der Waals surface area contributed by atoms with Gasteiger partial charge < -0.3 is 9.64 Å². The van der Waals surface area contributed by atoms with Gasteiger partial charge in [-0.25, -0.2) is 4.98 Å². The molecule has 0 radical (unpaired) electrons. The summed E-state index contributed by atoms with van der Waals surface area (Å²) in [5.41, 5.74) is 3.89. The Morgan fingerprint density at radius 3 is 2.58 bits per heavy atom. The molecule has 0 spiro atoms. The average Bonchev–Trinajstić information content (AvgIpc) is 2.63. The smallest absolute Gasteiger partial charge is 0.260 e. The second kappa shape index (κ2) is 6.09. The maximum absolute atomic E-state index is 12.5. The topological polar surface area (TPSA) is 58.2 Å². The molecule has 1 saturated heterocycles. The molecule has 5 nitrogen and oxygen atoms in total. The van der Waals surface area contributed by atoms with E-state index in [-0.39, 0.29) is 5.56 Å². The van der Waals surface area contributed by atoms with Gasteiger partial charge >= 0.3 is 0 Å². The Bertz CT molecular complexity index is 925. The second-order valence-corrected chi connectivity index (χ2v) is 6.06. The number of hydrogen-bond acceptors (Lipinski definition) is 4. The molecule has 1 N–H and O–H groups in total. The molecule has 1 aliphatic heterocycles. The van der Waals surface area contributed by atoms with Crippen LogP contribution >= 0.6 is 0 Å². The standard InChI is InChI=1S/C19H19N3O2/c1-13-5-7-14(8-6-13)15-3-2-4-16-17(15)20-19(21-18(16)23)22-9-11-24-12-10-22/h2-8H,9-12H2,1H3,(H,20,21,23). The highest BCUT2D eigenvalue weighted by molar-refractivity contribution is 5.93. The summed E-state index contributed by atoms with van der Waals surface area (Å²) in [4.78, 5) is 22.3. The Kier molecular flexibility index (Phi) is 3.78. The van der Waals surface area contributed by atoms with Crippen LogP contribution in [0.1, 0.15) is 5.56 Å². The van der Waals surface area contributed by atoms with Gasteiger partial charge in [-0.3, -0.25) is 9.78 Å². The first kappa shape index (κ1) is 14.9. The van der Waals surface area contributed by atoms with Gasteiger partial charge in [0.15, 0.2) is 0 Å². The number of aromatic amines is 1. The molecule has 0 saturated carbocycles. The second-order valence-electron chi connectivity index (χ2n) is 6.06. The van der Waals surface area contributed by atoms with Gasteiger partial charge in [-0.1, -0.05) is 42.0 Å². The quantitative estimate of drug-likeness (QED) is 0.788. The zero-order valence-electron chi connectivity index (χ0n) is 13.6. The number of hydrogen-bond donors (Lipinski definition) is 1. The lowest BCUT2D eigenvalue weighted by Gasteiger charge is -2.27. The average molecular weight is 321 g/mol. The van der Waals surface area contributed by atoms with Gasteiger partial charge in [0.25, 0.3) is 5.56 Å². The Morgan fingerprint density at radius 1 is 1.08 bits per heavy atom. The Morgan fingerprint density at radius 2 is 1.83 bits per heavy atom. The predicted molar refractivity (Wildman–Crippen MR) is 95.6 cm³/mol. The molecule has 0 atom stereocenters. The number of ether oxygens (including phenoxy) is 1. The van der Waals surface area contributed by atoms with E-state index in [1.807, 2.05) is 18.2 Å². The van der Waals surface area contributed by atoms with Crippen LogP contribution in [0.5, 0.6) is 0 Å². The van der Waals surface area contributed by atoms with Gasteiger partial charge in [0.1, 0.15) is 0 Å². The van der Waals surface area contributed by atoms with Crippen LogP contribution in [0, 0.1) is 6.92 Å². The summed E-state index contributed by atoms with van der Waals surface area (Å²) >= 11 is 0. The van der Waals surface area contributed by atoms with Crippen LogP contribution in [-0.4, -0.2) is 36.3 Å². The van der Waals surface area contributed by atoms with E-state index in [1.54, 1.807) is 0 Å². The number of benzene rings is 2. The van der Waals surface area contributed by atoms with Crippen LogP contribution < -0.4 is 10.5 Å². The summed E-state index contributed by atoms with van der Waals surface area (Å²) in [7, 11) is 0. The van der Waals surface area contributed by atoms with Crippen molar-refractivity contribution in [2.75, 3.05) is 31.2 Å². The zero-order valence-corrected chi connectivity index (χ0v) is 13.6. The van der Waals surface area contributed by atoms with E-state index in [9.17, 15) is 4.79 Å². The third-order valence-corrected chi connectivity index (χ3v) is 4.40. The van der Waals surface area contributed by atoms with Crippen molar-refractivity contribution in [1.29, 1.82) is 0 Å². The summed E-state index contributed by atoms with van der Waals surface area (Å²) in [5, 5.41) is 0.616. The maximum atomic E-state index is 12.5. The van der Waals surface area contributed by atoms with E-state index in [0.717, 1.165) is 29.7 Å². The predicted octanol–water partition coefficient (Wildman–Crippen LogP) is 2.74. The van der Waals surface area contributed by atoms with Crippen LogP contribution in [-0.2, 0) is 4.74 Å². The van der Waals surface area contributed by atoms with Crippen molar-refractivity contribution >= 4 is 16.9 Å². The van der Waals surface area contributed by atoms with E-state index >= 15 is 0 Å². The summed E-state index contributed by atoms with van der Waals surface area (Å²) in [6.07, 6.45) is 0. The number of morpholine rings is 1. The number of H-pyrrole nitrogens is 1. The number of nitrogens with one attached hydrogen (secondary N) is 1. The van der Waals surface area contributed by atoms with E-state index in [4.69, 9.17) is 9.72 Å². The first-order valence-electron chi connectivity index (χ1n) is 8.15. The summed E-state index contributed by atoms with van der Waals surface area (Å²) < 4.78 is 5.38. The van der Waals surface area contributed by atoms with Crippen LogP contribution in [0.4, 0.5) is 5.95 Å². The van der Waals surface area contributed by atoms with Crippen molar-refractivity contribution < 1.29 is 4.74 Å². The lowest BCUT2D eigenvalue weighted by Crippen LogP contribution is -2.38. The highest BCUT2D eigenvalue weighted by Crippen LogP contribution is 2.27. The molecular weight excluding hydrogens is 302 g/mol. The number of rotatable bonds is 2. The normalized spacial score (nSPS) is 15.0. The van der Waals surface area contributed by atoms with Crippen molar-refractivity contribution in [1.82, 2.24) is 9.97 Å². The molecule has 0 bridgehead atoms. The van der Waals surface area contributed by atoms with E-state index in [1.165, 1.54) is 5.56 Å². The van der Waals surface area contributed by atoms with Crippen molar-refractivity contribution in [2.24, 2.45) is 0 Å². The van der Waals surface area contributed by atoms with Crippen LogP contribution in [0.2, 0.25) is 0 Å². The lowest BCUT2D eigenvalue weighted by atomic mass is 10.0. The van der Waals surface area contributed by atoms with Crippen molar-refractivity contribution in [2.45, 2.75) is 6.92 Å². The number of para-hydroxylation sites is 1. The Hall–Kier alpha value is -2.66. The highest BCUT2D eigenvalue weighted by atomic mass is 16.5. The molecule has 5 heteroatoms. The largest absolute Gasteiger partial charge is 0.378 e. The minimum absolute atomic E-state index is 0.101. The summed E-state index contributed by atoms with van der Waals surface area (Å²) in [6.45, 7) is 4.84. The number of fused-ring (bicyclic) bond motifs is 1. The third-order valence-electron chi connectivity index (χ3n) is 4.40. The van der Waals surface area contributed by atoms with Crippen LogP contribution in [0.25, 0.3) is 22.0 Å². The molecule has 1 aliphatic rings. The molecule has 0 unspecified atom stereocenters. The summed E-state index contributed by atoms with van der Waals surface area (Å²) in [6, 6.07) is 14.0. The molecular formula is C19H19N3O2. The van der Waals surface area contributed by atoms with Gasteiger partial charge in [0.05, 0.1) is 24.1 Å². The van der Waals surface area contributed by atoms with Gasteiger partial charge in [-0.05, 0) is 18.6 Å². The van der Waals surface area contributed by atoms with Gasteiger partial charge in [-0.15, -0.1) is 0 Å². The fraction of sp³-hybridized carbons (Fsp3) is 0.263. The van der Waals surface area contributed by atoms with E-state index < -0.39 is 0 Å². The monoisotopic (exact) mass is 321 g/mol. The van der Waals surface area contributed by atoms with Gasteiger partial charge in [-0.2, -0.15) is 0 Å². The third kappa shape index (κ3) is 2.67. The number of aromatic nitrogens is 2. The molecule has 2 heterocycles. The molecule has 122 valence electrons. The van der Waals surface area contributed by atoms with Gasteiger partial charge in [0, 0.05) is 18.7 Å². The fourth-order valence-electron chi connectivity index (χ4n) is 3.04. The molecule has 3 aromatic rings. The van der Waals surface area contributed by atoms with E-state index in [2.05, 4.69) is 41.1 Å². The number of nitrogens with zero attached hydrogens (tertiary/aromatic N) is 2. The van der Waals surface area contributed by atoms with Crippen molar-refractivity contribution in [3.63, 3.8) is 0 Å². The highest BCUT2D eigenvalue weighted by Gasteiger charge is 2.16. The van der Waals surface area contributed by atoms with Crippen LogP contribution in [0.3, 0.4) is 0 Å². The molecule has 1 fully saturated rings. The molecule has 1 aromatic heterocycles. The van der Waals surface area contributed by atoms with Crippen molar-refractivity contribution in [3.05, 3.63) is 58.4 Å². The first-order chi connectivity index (χ1) is 11.7. The molecule has 24 heavy (non-hydrogen) atoms. The maximum Gasteiger partial charge on any atom is 0.260 e. The first-order valence-corrected chi connectivity index (χ1v) is 8.15. The minimum Gasteiger partial charge on any atom is -0.378 e. The van der Waals surface area contributed by atoms with E-state index in [0.29, 0.717) is 24.5 Å². The number of aryl methyl sites for hydroxylation is 1. The summed E-state index contributed by atoms with van der Waals surface area (Å²) in [5.74, 6) is 0.621. The SMILES string of the molecule is Cc1ccc(-c2cccc3c(=O)[nH]c(N4CCOCC4)nc23)cc1. The lowest BCUT2D eigenvalue weighted by molar-refractivity contribution is 0.122. The Labute approximate surface area is 139 Å². The molecule has 2 aromatic carbocycles. The molecule has 4 rings (SSSR count). The Balaban J connectivity index is 1.89. The van der Waals surface area contributed by atoms with Gasteiger partial charge in [0.2, 0.25) is 5.95 Å². The molecule has 0 aliphatic carbocycles. The fourth-order valence-corrected chi connectivity index (χ4v) is 3.04. The number of anilines is 1. The van der Waals surface area contributed by atoms with Crippen LogP contribution in [0.15, 0.2) is 47.3 Å². The minimum atomic E-state index is -0.101. The molecule has 0 amide bonds. The zero-order chi connectivity index (χ0) is 16.5.